The second-order valence-corrected chi connectivity index (χ2v) is 7.23. The molecule has 1 N–H and O–H groups in total. The number of thiophene rings is 1. The van der Waals surface area contributed by atoms with Gasteiger partial charge in [0.05, 0.1) is 12.0 Å². The Morgan fingerprint density at radius 1 is 1.41 bits per heavy atom. The molecular weight excluding hydrogens is 300 g/mol. The van der Waals surface area contributed by atoms with Crippen LogP contribution in [-0.2, 0) is 22.6 Å². The molecule has 0 aromatic carbocycles. The number of hydrogen-bond donors (Lipinski definition) is 1. The third-order valence-electron chi connectivity index (χ3n) is 4.83. The average molecular weight is 322 g/mol. The summed E-state index contributed by atoms with van der Waals surface area (Å²) in [5, 5.41) is 11.3. The van der Waals surface area contributed by atoms with Crippen molar-refractivity contribution in [3.63, 3.8) is 0 Å². The Kier molecular flexibility index (Phi) is 4.49. The van der Waals surface area contributed by atoms with Crippen LogP contribution >= 0.6 is 11.3 Å². The van der Waals surface area contributed by atoms with E-state index in [0.29, 0.717) is 19.5 Å². The molecule has 3 rings (SSSR count). The largest absolute Gasteiger partial charge is 0.481 e. The normalized spacial score (nSPS) is 23.9. The molecule has 1 amide bonds. The van der Waals surface area contributed by atoms with Crippen molar-refractivity contribution in [1.82, 2.24) is 9.80 Å². The van der Waals surface area contributed by atoms with E-state index in [1.54, 1.807) is 11.3 Å². The second-order valence-electron chi connectivity index (χ2n) is 6.23. The zero-order valence-corrected chi connectivity index (χ0v) is 13.6. The van der Waals surface area contributed by atoms with Crippen LogP contribution in [0.15, 0.2) is 11.4 Å². The predicted molar refractivity (Wildman–Crippen MR) is 84.8 cm³/mol. The van der Waals surface area contributed by atoms with Gasteiger partial charge in [-0.2, -0.15) is 0 Å². The van der Waals surface area contributed by atoms with Gasteiger partial charge in [0, 0.05) is 24.5 Å². The van der Waals surface area contributed by atoms with Gasteiger partial charge in [-0.1, -0.05) is 0 Å². The molecule has 1 fully saturated rings. The van der Waals surface area contributed by atoms with Gasteiger partial charge in [-0.25, -0.2) is 0 Å². The van der Waals surface area contributed by atoms with Crippen LogP contribution in [0.3, 0.4) is 0 Å². The van der Waals surface area contributed by atoms with Crippen LogP contribution in [-0.4, -0.2) is 52.5 Å². The van der Waals surface area contributed by atoms with Crippen molar-refractivity contribution in [2.24, 2.45) is 5.92 Å². The monoisotopic (exact) mass is 322 g/mol. The Morgan fingerprint density at radius 2 is 2.23 bits per heavy atom. The van der Waals surface area contributed by atoms with Crippen molar-refractivity contribution < 1.29 is 14.7 Å². The number of likely N-dealkylation sites (tertiary alicyclic amines) is 1. The molecule has 0 radical (unpaired) electrons. The van der Waals surface area contributed by atoms with Crippen LogP contribution in [0.2, 0.25) is 0 Å². The third kappa shape index (κ3) is 3.03. The predicted octanol–water partition coefficient (Wildman–Crippen LogP) is 1.82. The summed E-state index contributed by atoms with van der Waals surface area (Å²) in [5.74, 6) is -0.957. The van der Waals surface area contributed by atoms with Crippen LogP contribution in [0.5, 0.6) is 0 Å². The topological polar surface area (TPSA) is 60.9 Å². The highest BCUT2D eigenvalue weighted by Gasteiger charge is 2.33. The maximum Gasteiger partial charge on any atom is 0.307 e. The number of nitrogens with zero attached hydrogens (tertiary/aromatic N) is 2. The number of piperidine rings is 1. The minimum atomic E-state index is -0.745. The molecule has 0 saturated carbocycles. The van der Waals surface area contributed by atoms with E-state index in [9.17, 15) is 14.7 Å². The Hall–Kier alpha value is -1.40. The van der Waals surface area contributed by atoms with Gasteiger partial charge in [0.15, 0.2) is 0 Å². The van der Waals surface area contributed by atoms with E-state index in [0.717, 1.165) is 25.9 Å². The maximum absolute atomic E-state index is 12.7. The fourth-order valence-corrected chi connectivity index (χ4v) is 4.31. The van der Waals surface area contributed by atoms with Gasteiger partial charge in [0.25, 0.3) is 0 Å². The number of fused-ring (bicyclic) bond motifs is 1. The van der Waals surface area contributed by atoms with Crippen molar-refractivity contribution in [3.8, 4) is 0 Å². The molecular formula is C16H22N2O3S. The van der Waals surface area contributed by atoms with Gasteiger partial charge in [0.1, 0.15) is 0 Å². The van der Waals surface area contributed by atoms with Crippen molar-refractivity contribution in [3.05, 3.63) is 21.9 Å². The molecule has 2 aliphatic heterocycles. The number of amides is 1. The van der Waals surface area contributed by atoms with E-state index in [-0.39, 0.29) is 17.9 Å². The lowest BCUT2D eigenvalue weighted by Crippen LogP contribution is -2.52. The molecule has 3 heterocycles. The number of carboxylic acids is 1. The molecule has 1 aromatic heterocycles. The summed E-state index contributed by atoms with van der Waals surface area (Å²) in [6, 6.07) is 1.87. The standard InChI is InChI=1S/C16H22N2O3S/c1-11(17-6-2-3-13(10-17)16(20)21)15(19)18-7-4-14-12(9-18)5-8-22-14/h5,8,11,13H,2-4,6-7,9-10H2,1H3,(H,20,21). The van der Waals surface area contributed by atoms with Crippen LogP contribution in [0.25, 0.3) is 0 Å². The van der Waals surface area contributed by atoms with Gasteiger partial charge in [-0.15, -0.1) is 11.3 Å². The first-order valence-corrected chi connectivity index (χ1v) is 8.75. The third-order valence-corrected chi connectivity index (χ3v) is 5.85. The summed E-state index contributed by atoms with van der Waals surface area (Å²) < 4.78 is 0. The van der Waals surface area contributed by atoms with Crippen molar-refractivity contribution in [2.45, 2.75) is 38.8 Å². The summed E-state index contributed by atoms with van der Waals surface area (Å²) in [4.78, 5) is 29.3. The lowest BCUT2D eigenvalue weighted by atomic mass is 9.96. The molecule has 2 aliphatic rings. The minimum absolute atomic E-state index is 0.128. The lowest BCUT2D eigenvalue weighted by Gasteiger charge is -2.37. The van der Waals surface area contributed by atoms with Crippen LogP contribution in [0, 0.1) is 5.92 Å². The molecule has 0 aliphatic carbocycles. The number of carbonyl (C=O) groups excluding carboxylic acids is 1. The Balaban J connectivity index is 1.63. The Bertz CT molecular complexity index is 571. The second kappa shape index (κ2) is 6.38. The molecule has 2 atom stereocenters. The first kappa shape index (κ1) is 15.5. The number of carboxylic acid groups (broad SMARTS) is 1. The van der Waals surface area contributed by atoms with E-state index >= 15 is 0 Å². The summed E-state index contributed by atoms with van der Waals surface area (Å²) in [5.41, 5.74) is 1.26. The molecule has 0 bridgehead atoms. The fraction of sp³-hybridized carbons (Fsp3) is 0.625. The van der Waals surface area contributed by atoms with Crippen molar-refractivity contribution in [1.29, 1.82) is 0 Å². The van der Waals surface area contributed by atoms with E-state index in [1.807, 2.05) is 16.7 Å². The highest BCUT2D eigenvalue weighted by molar-refractivity contribution is 7.10. The Labute approximate surface area is 134 Å². The van der Waals surface area contributed by atoms with E-state index in [4.69, 9.17) is 0 Å². The van der Waals surface area contributed by atoms with Crippen LogP contribution in [0.4, 0.5) is 0 Å². The van der Waals surface area contributed by atoms with Gasteiger partial charge >= 0.3 is 5.97 Å². The molecule has 6 heteroatoms. The number of aliphatic carboxylic acids is 1. The summed E-state index contributed by atoms with van der Waals surface area (Å²) in [7, 11) is 0. The SMILES string of the molecule is CC(C(=O)N1CCc2sccc2C1)N1CCCC(C(=O)O)C1. The van der Waals surface area contributed by atoms with Gasteiger partial charge in [-0.3, -0.25) is 14.5 Å². The molecule has 2 unspecified atom stereocenters. The zero-order valence-electron chi connectivity index (χ0n) is 12.8. The first-order chi connectivity index (χ1) is 10.6. The van der Waals surface area contributed by atoms with Gasteiger partial charge in [0.2, 0.25) is 5.91 Å². The quantitative estimate of drug-likeness (QED) is 0.922. The van der Waals surface area contributed by atoms with Crippen molar-refractivity contribution >= 4 is 23.2 Å². The summed E-state index contributed by atoms with van der Waals surface area (Å²) in [6.45, 7) is 4.68. The number of hydrogen-bond acceptors (Lipinski definition) is 4. The summed E-state index contributed by atoms with van der Waals surface area (Å²) >= 11 is 1.77. The minimum Gasteiger partial charge on any atom is -0.481 e. The van der Waals surface area contributed by atoms with Crippen molar-refractivity contribution in [2.75, 3.05) is 19.6 Å². The highest BCUT2D eigenvalue weighted by Crippen LogP contribution is 2.25. The molecule has 0 spiro atoms. The van der Waals surface area contributed by atoms with E-state index in [2.05, 4.69) is 11.4 Å². The van der Waals surface area contributed by atoms with Gasteiger partial charge < -0.3 is 10.0 Å². The fourth-order valence-electron chi connectivity index (χ4n) is 3.42. The molecule has 22 heavy (non-hydrogen) atoms. The van der Waals surface area contributed by atoms with E-state index in [1.165, 1.54) is 10.4 Å². The molecule has 1 aromatic rings. The zero-order chi connectivity index (χ0) is 15.7. The van der Waals surface area contributed by atoms with Crippen LogP contribution < -0.4 is 0 Å². The molecule has 120 valence electrons. The Morgan fingerprint density at radius 3 is 3.00 bits per heavy atom. The lowest BCUT2D eigenvalue weighted by molar-refractivity contribution is -0.146. The number of rotatable bonds is 3. The smallest absolute Gasteiger partial charge is 0.307 e. The first-order valence-electron chi connectivity index (χ1n) is 7.87. The maximum atomic E-state index is 12.7. The highest BCUT2D eigenvalue weighted by atomic mass is 32.1. The van der Waals surface area contributed by atoms with Crippen LogP contribution in [0.1, 0.15) is 30.2 Å². The summed E-state index contributed by atoms with van der Waals surface area (Å²) in [6.07, 6.45) is 2.50. The number of carbonyl (C=O) groups is 2. The molecule has 1 saturated heterocycles. The average Bonchev–Trinajstić information content (AvgIpc) is 3.01. The van der Waals surface area contributed by atoms with Gasteiger partial charge in [-0.05, 0) is 49.7 Å². The molecule has 5 nitrogen and oxygen atoms in total. The van der Waals surface area contributed by atoms with E-state index < -0.39 is 5.97 Å².